The Morgan fingerprint density at radius 1 is 1.30 bits per heavy atom. The van der Waals surface area contributed by atoms with Crippen molar-refractivity contribution in [2.75, 3.05) is 19.8 Å². The first-order valence-electron chi connectivity index (χ1n) is 7.08. The highest BCUT2D eigenvalue weighted by Crippen LogP contribution is 2.35. The number of nitrogens with one attached hydrogen (secondary N) is 1. The van der Waals surface area contributed by atoms with Gasteiger partial charge in [-0.25, -0.2) is 0 Å². The van der Waals surface area contributed by atoms with Crippen LogP contribution in [0.3, 0.4) is 0 Å². The molecule has 20 heavy (non-hydrogen) atoms. The number of hydrazine groups is 1. The normalized spacial score (nSPS) is 16.6. The second-order valence-electron chi connectivity index (χ2n) is 5.39. The van der Waals surface area contributed by atoms with Crippen LogP contribution in [0.2, 0.25) is 0 Å². The molecule has 1 aromatic rings. The van der Waals surface area contributed by atoms with Crippen molar-refractivity contribution in [3.63, 3.8) is 0 Å². The summed E-state index contributed by atoms with van der Waals surface area (Å²) in [5.41, 5.74) is 3.45. The zero-order chi connectivity index (χ0) is 14.6. The maximum absolute atomic E-state index is 5.79. The van der Waals surface area contributed by atoms with Gasteiger partial charge in [-0.1, -0.05) is 6.07 Å². The van der Waals surface area contributed by atoms with Crippen molar-refractivity contribution < 1.29 is 14.2 Å². The van der Waals surface area contributed by atoms with E-state index in [9.17, 15) is 0 Å². The quantitative estimate of drug-likeness (QED) is 0.639. The van der Waals surface area contributed by atoms with Gasteiger partial charge in [0.05, 0.1) is 24.9 Å². The van der Waals surface area contributed by atoms with E-state index in [-0.39, 0.29) is 6.04 Å². The summed E-state index contributed by atoms with van der Waals surface area (Å²) >= 11 is 0. The largest absolute Gasteiger partial charge is 0.490 e. The zero-order valence-electron chi connectivity index (χ0n) is 12.4. The molecule has 0 bridgehead atoms. The van der Waals surface area contributed by atoms with E-state index < -0.39 is 5.60 Å². The zero-order valence-corrected chi connectivity index (χ0v) is 12.4. The lowest BCUT2D eigenvalue weighted by atomic mass is 9.92. The van der Waals surface area contributed by atoms with Crippen molar-refractivity contribution in [1.29, 1.82) is 0 Å². The molecule has 0 radical (unpaired) electrons. The van der Waals surface area contributed by atoms with E-state index in [0.717, 1.165) is 23.5 Å². The minimum atomic E-state index is -0.413. The Labute approximate surface area is 120 Å². The molecule has 1 aromatic carbocycles. The van der Waals surface area contributed by atoms with Crippen LogP contribution >= 0.6 is 0 Å². The van der Waals surface area contributed by atoms with E-state index in [0.29, 0.717) is 19.8 Å². The summed E-state index contributed by atoms with van der Waals surface area (Å²) in [5, 5.41) is 0. The van der Waals surface area contributed by atoms with Gasteiger partial charge in [0, 0.05) is 13.0 Å². The summed E-state index contributed by atoms with van der Waals surface area (Å²) in [6.07, 6.45) is 0.896. The first-order valence-corrected chi connectivity index (χ1v) is 7.08. The Kier molecular flexibility index (Phi) is 4.86. The van der Waals surface area contributed by atoms with Crippen LogP contribution in [0.5, 0.6) is 11.5 Å². The summed E-state index contributed by atoms with van der Waals surface area (Å²) in [6, 6.07) is 5.78. The second-order valence-corrected chi connectivity index (χ2v) is 5.39. The van der Waals surface area contributed by atoms with Gasteiger partial charge < -0.3 is 14.2 Å². The summed E-state index contributed by atoms with van der Waals surface area (Å²) in [7, 11) is 0. The molecule has 0 saturated heterocycles. The van der Waals surface area contributed by atoms with Gasteiger partial charge in [0.15, 0.2) is 11.5 Å². The van der Waals surface area contributed by atoms with Crippen LogP contribution in [0.25, 0.3) is 0 Å². The third kappa shape index (κ3) is 3.23. The van der Waals surface area contributed by atoms with Crippen LogP contribution in [0.1, 0.15) is 38.8 Å². The summed E-state index contributed by atoms with van der Waals surface area (Å²) in [5.74, 6) is 7.29. The molecule has 5 nitrogen and oxygen atoms in total. The molecule has 1 atom stereocenters. The maximum atomic E-state index is 5.79. The number of hydrogen-bond acceptors (Lipinski definition) is 5. The number of nitrogens with two attached hydrogens (primary N) is 1. The fourth-order valence-corrected chi connectivity index (χ4v) is 2.51. The van der Waals surface area contributed by atoms with Crippen molar-refractivity contribution in [2.45, 2.75) is 38.8 Å². The lowest BCUT2D eigenvalue weighted by Gasteiger charge is -2.34. The molecule has 0 aliphatic carbocycles. The van der Waals surface area contributed by atoms with Crippen LogP contribution in [0, 0.1) is 0 Å². The molecule has 5 heteroatoms. The van der Waals surface area contributed by atoms with Gasteiger partial charge in [-0.2, -0.15) is 0 Å². The predicted octanol–water partition coefficient (Wildman–Crippen LogP) is 2.17. The maximum Gasteiger partial charge on any atom is 0.161 e. The molecule has 0 amide bonds. The Balaban J connectivity index is 2.29. The molecule has 1 heterocycles. The van der Waals surface area contributed by atoms with Crippen LogP contribution in [-0.4, -0.2) is 25.4 Å². The number of fused-ring (bicyclic) bond motifs is 1. The van der Waals surface area contributed by atoms with Gasteiger partial charge >= 0.3 is 0 Å². The molecule has 0 fully saturated rings. The molecule has 1 aliphatic heterocycles. The highest BCUT2D eigenvalue weighted by Gasteiger charge is 2.31. The lowest BCUT2D eigenvalue weighted by Crippen LogP contribution is -2.44. The van der Waals surface area contributed by atoms with Crippen LogP contribution in [-0.2, 0) is 4.74 Å². The topological polar surface area (TPSA) is 65.7 Å². The number of rotatable bonds is 5. The van der Waals surface area contributed by atoms with Crippen LogP contribution in [0.15, 0.2) is 18.2 Å². The van der Waals surface area contributed by atoms with E-state index in [2.05, 4.69) is 5.43 Å². The first-order chi connectivity index (χ1) is 9.58. The molecule has 3 N–H and O–H groups in total. The molecule has 0 saturated carbocycles. The van der Waals surface area contributed by atoms with Crippen molar-refractivity contribution in [3.05, 3.63) is 23.8 Å². The molecular weight excluding hydrogens is 256 g/mol. The minimum Gasteiger partial charge on any atom is -0.490 e. The molecule has 0 spiro atoms. The molecule has 0 aromatic heterocycles. The third-order valence-electron chi connectivity index (χ3n) is 3.48. The van der Waals surface area contributed by atoms with Gasteiger partial charge in [0.25, 0.3) is 0 Å². The second kappa shape index (κ2) is 6.43. The Hall–Kier alpha value is -1.30. The fraction of sp³-hybridized carbons (Fsp3) is 0.600. The van der Waals surface area contributed by atoms with Crippen molar-refractivity contribution in [1.82, 2.24) is 5.43 Å². The molecule has 112 valence electrons. The first kappa shape index (κ1) is 15.1. The van der Waals surface area contributed by atoms with Gasteiger partial charge in [-0.05, 0) is 38.5 Å². The summed E-state index contributed by atoms with van der Waals surface area (Å²) < 4.78 is 17.2. The third-order valence-corrected chi connectivity index (χ3v) is 3.48. The van der Waals surface area contributed by atoms with Gasteiger partial charge in [0.1, 0.15) is 0 Å². The SMILES string of the molecule is CCOC(C)(C)C(NN)c1ccc2c(c1)OCCCO2. The van der Waals surface area contributed by atoms with E-state index >= 15 is 0 Å². The van der Waals surface area contributed by atoms with Gasteiger partial charge in [-0.15, -0.1) is 0 Å². The van der Waals surface area contributed by atoms with E-state index in [1.54, 1.807) is 0 Å². The smallest absolute Gasteiger partial charge is 0.161 e. The molecular formula is C15H24N2O3. The molecule has 1 aliphatic rings. The van der Waals surface area contributed by atoms with E-state index in [1.165, 1.54) is 0 Å². The van der Waals surface area contributed by atoms with E-state index in [4.69, 9.17) is 20.1 Å². The summed E-state index contributed by atoms with van der Waals surface area (Å²) in [6.45, 7) is 8.01. The number of hydrogen-bond donors (Lipinski definition) is 2. The summed E-state index contributed by atoms with van der Waals surface area (Å²) in [4.78, 5) is 0. The Morgan fingerprint density at radius 2 is 2.00 bits per heavy atom. The monoisotopic (exact) mass is 280 g/mol. The van der Waals surface area contributed by atoms with Crippen molar-refractivity contribution in [2.24, 2.45) is 5.84 Å². The average molecular weight is 280 g/mol. The van der Waals surface area contributed by atoms with E-state index in [1.807, 2.05) is 39.0 Å². The Morgan fingerprint density at radius 3 is 2.65 bits per heavy atom. The fourth-order valence-electron chi connectivity index (χ4n) is 2.51. The highest BCUT2D eigenvalue weighted by atomic mass is 16.5. The van der Waals surface area contributed by atoms with Crippen LogP contribution in [0.4, 0.5) is 0 Å². The molecule has 1 unspecified atom stereocenters. The van der Waals surface area contributed by atoms with Crippen molar-refractivity contribution >= 4 is 0 Å². The average Bonchev–Trinajstić information content (AvgIpc) is 2.63. The molecule has 2 rings (SSSR count). The Bertz CT molecular complexity index is 449. The predicted molar refractivity (Wildman–Crippen MR) is 77.8 cm³/mol. The van der Waals surface area contributed by atoms with Crippen LogP contribution < -0.4 is 20.7 Å². The lowest BCUT2D eigenvalue weighted by molar-refractivity contribution is -0.0393. The van der Waals surface area contributed by atoms with Crippen molar-refractivity contribution in [3.8, 4) is 11.5 Å². The van der Waals surface area contributed by atoms with Gasteiger partial charge in [-0.3, -0.25) is 11.3 Å². The van der Waals surface area contributed by atoms with Gasteiger partial charge in [0.2, 0.25) is 0 Å². The highest BCUT2D eigenvalue weighted by molar-refractivity contribution is 5.44. The number of ether oxygens (including phenoxy) is 3. The standard InChI is InChI=1S/C15H24N2O3/c1-4-20-15(2,3)14(17-16)11-6-7-12-13(10-11)19-9-5-8-18-12/h6-7,10,14,17H,4-5,8-9,16H2,1-3H3. The minimum absolute atomic E-state index is 0.125. The number of benzene rings is 1.